The molecule has 2 aromatic carbocycles. The van der Waals surface area contributed by atoms with Crippen molar-refractivity contribution in [3.63, 3.8) is 0 Å². The number of benzene rings is 2. The molecule has 0 saturated carbocycles. The lowest BCUT2D eigenvalue weighted by Crippen LogP contribution is -2.04. The van der Waals surface area contributed by atoms with Gasteiger partial charge in [0.15, 0.2) is 0 Å². The molecule has 0 heterocycles. The maximum absolute atomic E-state index is 6.17. The zero-order chi connectivity index (χ0) is 13.1. The van der Waals surface area contributed by atoms with E-state index in [0.717, 1.165) is 15.8 Å². The van der Waals surface area contributed by atoms with Crippen molar-refractivity contribution in [2.24, 2.45) is 5.73 Å². The molecule has 4 heteroatoms. The van der Waals surface area contributed by atoms with Gasteiger partial charge in [-0.1, -0.05) is 39.7 Å². The molecule has 0 fully saturated rings. The smallest absolute Gasteiger partial charge is 0.146 e. The van der Waals surface area contributed by atoms with Crippen LogP contribution < -0.4 is 10.5 Å². The summed E-state index contributed by atoms with van der Waals surface area (Å²) in [6.45, 7) is 1.92. The molecule has 0 amide bonds. The molecule has 0 bridgehead atoms. The van der Waals surface area contributed by atoms with E-state index in [2.05, 4.69) is 15.9 Å². The molecule has 0 spiro atoms. The van der Waals surface area contributed by atoms with Crippen LogP contribution in [0.2, 0.25) is 5.02 Å². The maximum atomic E-state index is 6.17. The van der Waals surface area contributed by atoms with Crippen LogP contribution in [0.1, 0.15) is 18.5 Å². The first-order chi connectivity index (χ1) is 8.56. The van der Waals surface area contributed by atoms with Crippen molar-refractivity contribution >= 4 is 27.5 Å². The molecule has 0 aliphatic heterocycles. The summed E-state index contributed by atoms with van der Waals surface area (Å²) in [5.74, 6) is 1.36. The van der Waals surface area contributed by atoms with Gasteiger partial charge in [-0.2, -0.15) is 0 Å². The fourth-order valence-corrected chi connectivity index (χ4v) is 2.15. The summed E-state index contributed by atoms with van der Waals surface area (Å²) in [6.07, 6.45) is 0. The van der Waals surface area contributed by atoms with E-state index in [1.165, 1.54) is 0 Å². The highest BCUT2D eigenvalue weighted by Crippen LogP contribution is 2.32. The van der Waals surface area contributed by atoms with Crippen LogP contribution in [-0.2, 0) is 0 Å². The van der Waals surface area contributed by atoms with E-state index in [4.69, 9.17) is 22.1 Å². The van der Waals surface area contributed by atoms with Crippen molar-refractivity contribution in [1.29, 1.82) is 0 Å². The molecule has 94 valence electrons. The molecule has 1 atom stereocenters. The van der Waals surface area contributed by atoms with E-state index in [1.807, 2.05) is 49.4 Å². The topological polar surface area (TPSA) is 35.2 Å². The zero-order valence-corrected chi connectivity index (χ0v) is 12.2. The lowest BCUT2D eigenvalue weighted by atomic mass is 10.1. The van der Waals surface area contributed by atoms with Crippen molar-refractivity contribution < 1.29 is 4.74 Å². The van der Waals surface area contributed by atoms with Gasteiger partial charge in [-0.25, -0.2) is 0 Å². The van der Waals surface area contributed by atoms with E-state index in [1.54, 1.807) is 0 Å². The van der Waals surface area contributed by atoms with Crippen LogP contribution in [0.25, 0.3) is 0 Å². The van der Waals surface area contributed by atoms with Crippen LogP contribution >= 0.6 is 27.5 Å². The van der Waals surface area contributed by atoms with Gasteiger partial charge >= 0.3 is 0 Å². The van der Waals surface area contributed by atoms with E-state index < -0.39 is 0 Å². The molecule has 0 radical (unpaired) electrons. The number of hydrogen-bond donors (Lipinski definition) is 1. The summed E-state index contributed by atoms with van der Waals surface area (Å²) in [6, 6.07) is 13.2. The Kier molecular flexibility index (Phi) is 4.27. The van der Waals surface area contributed by atoms with Gasteiger partial charge in [-0.15, -0.1) is 0 Å². The summed E-state index contributed by atoms with van der Waals surface area (Å²) >= 11 is 9.57. The second-order valence-corrected chi connectivity index (χ2v) is 5.36. The SMILES string of the molecule is CC(N)c1ccc(Oc2cccc(Br)c2)c(Cl)c1. The first-order valence-electron chi connectivity index (χ1n) is 5.54. The number of rotatable bonds is 3. The third kappa shape index (κ3) is 3.25. The summed E-state index contributed by atoms with van der Waals surface area (Å²) < 4.78 is 6.68. The van der Waals surface area contributed by atoms with Crippen molar-refractivity contribution in [3.8, 4) is 11.5 Å². The Bertz CT molecular complexity index is 557. The lowest BCUT2D eigenvalue weighted by Gasteiger charge is -2.11. The Balaban J connectivity index is 2.24. The molecule has 0 saturated heterocycles. The second kappa shape index (κ2) is 5.74. The van der Waals surface area contributed by atoms with Gasteiger partial charge in [0.25, 0.3) is 0 Å². The fraction of sp³-hybridized carbons (Fsp3) is 0.143. The minimum atomic E-state index is -0.0394. The molecule has 0 aliphatic rings. The van der Waals surface area contributed by atoms with Crippen molar-refractivity contribution in [2.45, 2.75) is 13.0 Å². The largest absolute Gasteiger partial charge is 0.456 e. The van der Waals surface area contributed by atoms with E-state index in [-0.39, 0.29) is 6.04 Å². The van der Waals surface area contributed by atoms with E-state index in [9.17, 15) is 0 Å². The Morgan fingerprint density at radius 1 is 1.22 bits per heavy atom. The third-order valence-corrected chi connectivity index (χ3v) is 3.29. The van der Waals surface area contributed by atoms with Crippen LogP contribution in [0.4, 0.5) is 0 Å². The Labute approximate surface area is 120 Å². The molecule has 18 heavy (non-hydrogen) atoms. The third-order valence-electron chi connectivity index (χ3n) is 2.51. The molecule has 2 N–H and O–H groups in total. The number of nitrogens with two attached hydrogens (primary N) is 1. The highest BCUT2D eigenvalue weighted by atomic mass is 79.9. The van der Waals surface area contributed by atoms with Crippen molar-refractivity contribution in [3.05, 3.63) is 57.5 Å². The zero-order valence-electron chi connectivity index (χ0n) is 9.86. The van der Waals surface area contributed by atoms with E-state index >= 15 is 0 Å². The second-order valence-electron chi connectivity index (χ2n) is 4.04. The van der Waals surface area contributed by atoms with Gasteiger partial charge < -0.3 is 10.5 Å². The van der Waals surface area contributed by atoms with Crippen LogP contribution in [0.5, 0.6) is 11.5 Å². The average molecular weight is 327 g/mol. The van der Waals surface area contributed by atoms with Crippen LogP contribution in [-0.4, -0.2) is 0 Å². The molecular formula is C14H13BrClNO. The van der Waals surface area contributed by atoms with Crippen molar-refractivity contribution in [2.75, 3.05) is 0 Å². The Hall–Kier alpha value is -1.03. The molecule has 0 aliphatic carbocycles. The summed E-state index contributed by atoms with van der Waals surface area (Å²) in [5, 5.41) is 0.560. The molecule has 1 unspecified atom stereocenters. The summed E-state index contributed by atoms with van der Waals surface area (Å²) in [5.41, 5.74) is 6.79. The summed E-state index contributed by atoms with van der Waals surface area (Å²) in [7, 11) is 0. The van der Waals surface area contributed by atoms with Crippen molar-refractivity contribution in [1.82, 2.24) is 0 Å². The van der Waals surface area contributed by atoms with E-state index in [0.29, 0.717) is 10.8 Å². The minimum absolute atomic E-state index is 0.0394. The lowest BCUT2D eigenvalue weighted by molar-refractivity contribution is 0.482. The minimum Gasteiger partial charge on any atom is -0.456 e. The first-order valence-corrected chi connectivity index (χ1v) is 6.72. The predicted octanol–water partition coefficient (Wildman–Crippen LogP) is 4.91. The average Bonchev–Trinajstić information content (AvgIpc) is 2.31. The normalized spacial score (nSPS) is 12.2. The highest BCUT2D eigenvalue weighted by molar-refractivity contribution is 9.10. The van der Waals surface area contributed by atoms with Gasteiger partial charge in [0.1, 0.15) is 11.5 Å². The van der Waals surface area contributed by atoms with Gasteiger partial charge in [0.2, 0.25) is 0 Å². The Morgan fingerprint density at radius 3 is 2.61 bits per heavy atom. The van der Waals surface area contributed by atoms with Gasteiger partial charge in [-0.05, 0) is 42.8 Å². The monoisotopic (exact) mass is 325 g/mol. The van der Waals surface area contributed by atoms with Crippen LogP contribution in [0.15, 0.2) is 46.9 Å². The number of ether oxygens (including phenoxy) is 1. The first kappa shape index (κ1) is 13.4. The molecule has 2 aromatic rings. The number of halogens is 2. The standard InChI is InChI=1S/C14H13BrClNO/c1-9(17)10-5-6-14(13(16)7-10)18-12-4-2-3-11(15)8-12/h2-9H,17H2,1H3. The van der Waals surface area contributed by atoms with Gasteiger partial charge in [0.05, 0.1) is 5.02 Å². The molecule has 2 rings (SSSR count). The number of hydrogen-bond acceptors (Lipinski definition) is 2. The fourth-order valence-electron chi connectivity index (χ4n) is 1.54. The van der Waals surface area contributed by atoms with Gasteiger partial charge in [0, 0.05) is 10.5 Å². The molecule has 0 aromatic heterocycles. The quantitative estimate of drug-likeness (QED) is 0.869. The van der Waals surface area contributed by atoms with Gasteiger partial charge in [-0.3, -0.25) is 0 Å². The summed E-state index contributed by atoms with van der Waals surface area (Å²) in [4.78, 5) is 0. The van der Waals surface area contributed by atoms with Crippen LogP contribution in [0.3, 0.4) is 0 Å². The van der Waals surface area contributed by atoms with Crippen LogP contribution in [0, 0.1) is 0 Å². The highest BCUT2D eigenvalue weighted by Gasteiger charge is 2.07. The Morgan fingerprint density at radius 2 is 2.00 bits per heavy atom. The maximum Gasteiger partial charge on any atom is 0.146 e. The predicted molar refractivity (Wildman–Crippen MR) is 78.3 cm³/mol. The molecular weight excluding hydrogens is 314 g/mol. The molecule has 2 nitrogen and oxygen atoms in total.